The summed E-state index contributed by atoms with van der Waals surface area (Å²) in [5, 5.41) is 33.1. The third kappa shape index (κ3) is 9.79. The molecule has 4 atom stereocenters. The summed E-state index contributed by atoms with van der Waals surface area (Å²) in [7, 11) is -17.2. The second-order valence-electron chi connectivity index (χ2n) is 10.1. The van der Waals surface area contributed by atoms with E-state index in [1.54, 1.807) is 27.7 Å². The summed E-state index contributed by atoms with van der Waals surface area (Å²) in [6, 6.07) is 3.25. The minimum absolute atomic E-state index is 0.110. The maximum atomic E-state index is 13.0. The summed E-state index contributed by atoms with van der Waals surface area (Å²) in [6.45, 7) is 5.12. The molecule has 235 valence electrons. The number of hydrogen-bond acceptors (Lipinski definition) is 12. The Balaban J connectivity index is 2.30. The van der Waals surface area contributed by atoms with Gasteiger partial charge in [0.15, 0.2) is 0 Å². The van der Waals surface area contributed by atoms with Gasteiger partial charge in [-0.1, -0.05) is 11.2 Å². The van der Waals surface area contributed by atoms with E-state index < -0.39 is 76.2 Å². The van der Waals surface area contributed by atoms with Crippen molar-refractivity contribution in [1.82, 2.24) is 10.4 Å². The molecule has 1 aliphatic heterocycles. The molecule has 2 rings (SSSR count). The SMILES string of the molecule is CC1(C)CC(C(=O)NCC(CNc2ccc(N=[N+]=[N-])cc2[N+](=O)[O-])OP(=O)(O)OP(=O)(O)OP(=O)(O)O)C(C)(C)N1[O]. The van der Waals surface area contributed by atoms with E-state index in [1.807, 2.05) is 0 Å². The number of nitro benzene ring substituents is 1. The molecule has 42 heavy (non-hydrogen) atoms. The molecule has 1 aromatic rings. The zero-order valence-electron chi connectivity index (χ0n) is 22.5. The molecule has 6 N–H and O–H groups in total. The van der Waals surface area contributed by atoms with Crippen molar-refractivity contribution in [2.24, 2.45) is 11.0 Å². The average molecular weight is 660 g/mol. The van der Waals surface area contributed by atoms with Gasteiger partial charge in [0.25, 0.3) is 5.69 Å². The molecule has 0 bridgehead atoms. The first-order valence-electron chi connectivity index (χ1n) is 11.6. The van der Waals surface area contributed by atoms with Crippen molar-refractivity contribution < 1.29 is 61.3 Å². The molecule has 1 radical (unpaired) electrons. The van der Waals surface area contributed by atoms with Gasteiger partial charge in [-0.25, -0.2) is 13.7 Å². The molecule has 4 unspecified atom stereocenters. The Morgan fingerprint density at radius 3 is 2.31 bits per heavy atom. The van der Waals surface area contributed by atoms with Crippen LogP contribution in [0.15, 0.2) is 23.3 Å². The van der Waals surface area contributed by atoms with Crippen LogP contribution in [-0.4, -0.2) is 65.7 Å². The topological polar surface area (TPSA) is 316 Å². The van der Waals surface area contributed by atoms with E-state index in [1.165, 1.54) is 6.07 Å². The predicted octanol–water partition coefficient (Wildman–Crippen LogP) is 3.00. The third-order valence-corrected chi connectivity index (χ3v) is 9.90. The number of phosphoric acid groups is 3. The molecule has 1 aliphatic rings. The highest BCUT2D eigenvalue weighted by Crippen LogP contribution is 2.66. The fourth-order valence-electron chi connectivity index (χ4n) is 4.30. The van der Waals surface area contributed by atoms with Gasteiger partial charge < -0.3 is 30.2 Å². The fraction of sp³-hybridized carbons (Fsp3) is 0.611. The highest BCUT2D eigenvalue weighted by Gasteiger charge is 2.55. The van der Waals surface area contributed by atoms with Crippen LogP contribution in [0.3, 0.4) is 0 Å². The highest BCUT2D eigenvalue weighted by molar-refractivity contribution is 7.66. The number of nitro groups is 1. The van der Waals surface area contributed by atoms with Crippen LogP contribution < -0.4 is 10.6 Å². The fourth-order valence-corrected chi connectivity index (χ4v) is 7.48. The van der Waals surface area contributed by atoms with Gasteiger partial charge in [-0.3, -0.25) is 19.4 Å². The van der Waals surface area contributed by atoms with Crippen molar-refractivity contribution in [1.29, 1.82) is 0 Å². The quantitative estimate of drug-likeness (QED) is 0.0417. The van der Waals surface area contributed by atoms with Crippen molar-refractivity contribution in [3.05, 3.63) is 38.8 Å². The van der Waals surface area contributed by atoms with Gasteiger partial charge >= 0.3 is 23.5 Å². The molecular formula is C18H29N7O14P3. The number of nitrogens with zero attached hydrogens (tertiary/aromatic N) is 5. The maximum absolute atomic E-state index is 13.0. The van der Waals surface area contributed by atoms with Crippen LogP contribution in [0.1, 0.15) is 34.1 Å². The molecule has 1 saturated heterocycles. The lowest BCUT2D eigenvalue weighted by Crippen LogP contribution is -2.50. The second kappa shape index (κ2) is 13.0. The standard InChI is InChI=1S/C18H29N7O14P3/c1-17(2)8-13(18(3,4)25(17)29)16(26)21-10-12(37-41(33,34)39-42(35,36)38-40(30,31)32)9-20-14-6-5-11(22-23-19)7-15(14)24(27)28/h5-7,12-13,20H,8-10H2,1-4H3,(H,21,26)(H,33,34)(H,35,36)(H2,30,31,32). The van der Waals surface area contributed by atoms with Crippen molar-refractivity contribution in [3.8, 4) is 0 Å². The first-order chi connectivity index (χ1) is 19.0. The number of nitrogens with one attached hydrogen (secondary N) is 2. The number of hydroxylamine groups is 2. The Bertz CT molecular complexity index is 1400. The summed E-state index contributed by atoms with van der Waals surface area (Å²) in [5.41, 5.74) is 5.59. The molecule has 1 heterocycles. The van der Waals surface area contributed by atoms with Gasteiger partial charge in [-0.05, 0) is 45.7 Å². The van der Waals surface area contributed by atoms with E-state index in [2.05, 4.69) is 29.3 Å². The molecule has 0 aliphatic carbocycles. The van der Waals surface area contributed by atoms with Crippen LogP contribution in [0.2, 0.25) is 0 Å². The highest BCUT2D eigenvalue weighted by atomic mass is 31.3. The van der Waals surface area contributed by atoms with E-state index in [0.29, 0.717) is 0 Å². The number of phosphoric ester groups is 1. The largest absolute Gasteiger partial charge is 0.490 e. The van der Waals surface area contributed by atoms with Crippen LogP contribution in [0, 0.1) is 16.0 Å². The van der Waals surface area contributed by atoms with E-state index in [0.717, 1.165) is 17.2 Å². The van der Waals surface area contributed by atoms with Crippen LogP contribution in [0.4, 0.5) is 17.1 Å². The Morgan fingerprint density at radius 2 is 1.81 bits per heavy atom. The number of azide groups is 1. The smallest absolute Gasteiger partial charge is 0.377 e. The lowest BCUT2D eigenvalue weighted by atomic mass is 9.86. The minimum Gasteiger partial charge on any atom is -0.377 e. The Labute approximate surface area is 238 Å². The van der Waals surface area contributed by atoms with Gasteiger partial charge in [-0.2, -0.15) is 8.62 Å². The van der Waals surface area contributed by atoms with Crippen molar-refractivity contribution >= 4 is 46.4 Å². The molecule has 21 nitrogen and oxygen atoms in total. The summed E-state index contributed by atoms with van der Waals surface area (Å²) < 4.78 is 47.4. The Morgan fingerprint density at radius 1 is 1.19 bits per heavy atom. The molecule has 1 aromatic carbocycles. The van der Waals surface area contributed by atoms with Crippen molar-refractivity contribution in [3.63, 3.8) is 0 Å². The third-order valence-electron chi connectivity index (χ3n) is 6.01. The summed E-state index contributed by atoms with van der Waals surface area (Å²) in [5.74, 6) is -1.53. The number of rotatable bonds is 14. The number of carbonyl (C=O) groups excluding carboxylic acids is 1. The van der Waals surface area contributed by atoms with Gasteiger partial charge in [0, 0.05) is 35.3 Å². The maximum Gasteiger partial charge on any atom is 0.490 e. The van der Waals surface area contributed by atoms with Crippen LogP contribution in [0.25, 0.3) is 10.4 Å². The number of benzene rings is 1. The van der Waals surface area contributed by atoms with E-state index in [4.69, 9.17) is 19.8 Å². The number of hydrogen-bond donors (Lipinski definition) is 6. The lowest BCUT2D eigenvalue weighted by molar-refractivity contribution is -0.383. The van der Waals surface area contributed by atoms with Gasteiger partial charge in [0.05, 0.1) is 16.4 Å². The first kappa shape index (κ1) is 35.7. The molecule has 1 amide bonds. The zero-order valence-corrected chi connectivity index (χ0v) is 25.1. The Kier molecular flexibility index (Phi) is 11.1. The average Bonchev–Trinajstić information content (AvgIpc) is 2.97. The molecule has 1 fully saturated rings. The molecule has 0 aromatic heterocycles. The molecule has 24 heteroatoms. The van der Waals surface area contributed by atoms with Crippen LogP contribution in [-0.2, 0) is 36.8 Å². The lowest BCUT2D eigenvalue weighted by Gasteiger charge is -2.33. The number of anilines is 1. The Hall–Kier alpha value is -2.47. The van der Waals surface area contributed by atoms with E-state index in [9.17, 15) is 43.6 Å². The molecular weight excluding hydrogens is 631 g/mol. The summed E-state index contributed by atoms with van der Waals surface area (Å²) >= 11 is 0. The van der Waals surface area contributed by atoms with Gasteiger partial charge in [0.2, 0.25) is 5.91 Å². The van der Waals surface area contributed by atoms with Crippen molar-refractivity contribution in [2.45, 2.75) is 51.3 Å². The second-order valence-corrected chi connectivity index (χ2v) is 14.5. The van der Waals surface area contributed by atoms with Gasteiger partial charge in [0.1, 0.15) is 11.8 Å². The molecule has 0 saturated carbocycles. The predicted molar refractivity (Wildman–Crippen MR) is 141 cm³/mol. The van der Waals surface area contributed by atoms with Gasteiger partial charge in [-0.15, -0.1) is 10.3 Å². The summed E-state index contributed by atoms with van der Waals surface area (Å²) in [4.78, 5) is 63.1. The number of carbonyl (C=O) groups is 1. The van der Waals surface area contributed by atoms with Crippen LogP contribution in [0.5, 0.6) is 0 Å². The summed E-state index contributed by atoms with van der Waals surface area (Å²) in [6.07, 6.45) is -1.53. The monoisotopic (exact) mass is 660 g/mol. The first-order valence-corrected chi connectivity index (χ1v) is 16.2. The zero-order chi connectivity index (χ0) is 32.3. The van der Waals surface area contributed by atoms with E-state index >= 15 is 0 Å². The minimum atomic E-state index is -5.87. The van der Waals surface area contributed by atoms with Crippen molar-refractivity contribution in [2.75, 3.05) is 18.4 Å². The van der Waals surface area contributed by atoms with Crippen LogP contribution >= 0.6 is 23.5 Å². The molecule has 0 spiro atoms. The normalized spacial score (nSPS) is 21.8. The number of amides is 1. The van der Waals surface area contributed by atoms with E-state index in [-0.39, 0.29) is 17.8 Å².